The second-order valence-corrected chi connectivity index (χ2v) is 7.20. The second kappa shape index (κ2) is 9.41. The highest BCUT2D eigenvalue weighted by Gasteiger charge is 2.10. The van der Waals surface area contributed by atoms with Crippen LogP contribution in [0.5, 0.6) is 0 Å². The highest BCUT2D eigenvalue weighted by atomic mass is 19.2. The summed E-state index contributed by atoms with van der Waals surface area (Å²) in [5, 5.41) is 3.23. The lowest BCUT2D eigenvalue weighted by Gasteiger charge is -2.11. The first-order valence-electron chi connectivity index (χ1n) is 9.88. The summed E-state index contributed by atoms with van der Waals surface area (Å²) in [5.74, 6) is -1.69. The Balaban J connectivity index is 1.50. The molecule has 1 heterocycles. The van der Waals surface area contributed by atoms with Crippen molar-refractivity contribution in [2.75, 3.05) is 0 Å². The number of nitrogens with one attached hydrogen (secondary N) is 1. The Morgan fingerprint density at radius 1 is 0.774 bits per heavy atom. The molecular weight excluding hydrogens is 394 g/mol. The van der Waals surface area contributed by atoms with Crippen molar-refractivity contribution in [2.24, 2.45) is 0 Å². The molecule has 0 fully saturated rings. The number of carbonyl (C=O) groups excluding carboxylic acids is 1. The van der Waals surface area contributed by atoms with Gasteiger partial charge in [-0.05, 0) is 34.9 Å². The van der Waals surface area contributed by atoms with Crippen molar-refractivity contribution in [2.45, 2.75) is 13.1 Å². The molecule has 4 rings (SSSR count). The maximum absolute atomic E-state index is 13.3. The van der Waals surface area contributed by atoms with Crippen molar-refractivity contribution in [1.29, 1.82) is 0 Å². The molecule has 0 radical (unpaired) electrons. The standard InChI is InChI=1S/C26H20F2N2O/c27-24-11-8-19(13-25(24)28)15-29-14-18-6-9-22(10-7-18)26-23(12-20(17-31)16-30-26)21-4-2-1-3-5-21/h1-13,16-17,29H,14-15H2. The van der Waals surface area contributed by atoms with Gasteiger partial charge in [-0.15, -0.1) is 0 Å². The number of hydrogen-bond acceptors (Lipinski definition) is 3. The quantitative estimate of drug-likeness (QED) is 0.389. The van der Waals surface area contributed by atoms with Crippen LogP contribution >= 0.6 is 0 Å². The van der Waals surface area contributed by atoms with Crippen molar-refractivity contribution < 1.29 is 13.6 Å². The number of hydrogen-bond donors (Lipinski definition) is 1. The van der Waals surface area contributed by atoms with Gasteiger partial charge in [-0.3, -0.25) is 9.78 Å². The monoisotopic (exact) mass is 414 g/mol. The fourth-order valence-corrected chi connectivity index (χ4v) is 3.39. The van der Waals surface area contributed by atoms with Crippen LogP contribution < -0.4 is 5.32 Å². The minimum Gasteiger partial charge on any atom is -0.309 e. The number of nitrogens with zero attached hydrogens (tertiary/aromatic N) is 1. The number of halogens is 2. The Bertz CT molecular complexity index is 1190. The molecule has 0 amide bonds. The average molecular weight is 414 g/mol. The molecule has 154 valence electrons. The van der Waals surface area contributed by atoms with E-state index in [0.717, 1.165) is 40.3 Å². The summed E-state index contributed by atoms with van der Waals surface area (Å²) in [4.78, 5) is 15.8. The molecule has 0 saturated carbocycles. The van der Waals surface area contributed by atoms with E-state index in [2.05, 4.69) is 10.3 Å². The number of aromatic nitrogens is 1. The maximum atomic E-state index is 13.3. The van der Waals surface area contributed by atoms with E-state index < -0.39 is 11.6 Å². The third-order valence-electron chi connectivity index (χ3n) is 5.00. The summed E-state index contributed by atoms with van der Waals surface area (Å²) in [5.41, 5.74) is 5.90. The van der Waals surface area contributed by atoms with Crippen molar-refractivity contribution >= 4 is 6.29 Å². The molecule has 1 aromatic heterocycles. The van der Waals surface area contributed by atoms with E-state index in [9.17, 15) is 13.6 Å². The van der Waals surface area contributed by atoms with Crippen LogP contribution in [0.25, 0.3) is 22.4 Å². The van der Waals surface area contributed by atoms with Gasteiger partial charge in [-0.1, -0.05) is 60.7 Å². The number of pyridine rings is 1. The van der Waals surface area contributed by atoms with Gasteiger partial charge < -0.3 is 5.32 Å². The van der Waals surface area contributed by atoms with Crippen LogP contribution in [0.1, 0.15) is 21.5 Å². The Morgan fingerprint density at radius 2 is 1.48 bits per heavy atom. The summed E-state index contributed by atoms with van der Waals surface area (Å²) >= 11 is 0. The Labute approximate surface area is 179 Å². The van der Waals surface area contributed by atoms with Gasteiger partial charge in [0, 0.05) is 36.0 Å². The van der Waals surface area contributed by atoms with Crippen molar-refractivity contribution in [3.05, 3.63) is 113 Å². The molecule has 3 nitrogen and oxygen atoms in total. The third kappa shape index (κ3) is 4.90. The van der Waals surface area contributed by atoms with E-state index in [4.69, 9.17) is 0 Å². The summed E-state index contributed by atoms with van der Waals surface area (Å²) in [6.07, 6.45) is 2.37. The van der Waals surface area contributed by atoms with Crippen LogP contribution in [-0.4, -0.2) is 11.3 Å². The molecular formula is C26H20F2N2O. The zero-order chi connectivity index (χ0) is 21.6. The molecule has 1 N–H and O–H groups in total. The van der Waals surface area contributed by atoms with E-state index in [0.29, 0.717) is 24.2 Å². The first-order chi connectivity index (χ1) is 15.1. The zero-order valence-electron chi connectivity index (χ0n) is 16.7. The molecule has 0 bridgehead atoms. The van der Waals surface area contributed by atoms with Crippen LogP contribution in [0, 0.1) is 11.6 Å². The minimum atomic E-state index is -0.844. The predicted octanol–water partition coefficient (Wildman–Crippen LogP) is 5.80. The summed E-state index contributed by atoms with van der Waals surface area (Å²) in [7, 11) is 0. The first-order valence-corrected chi connectivity index (χ1v) is 9.88. The highest BCUT2D eigenvalue weighted by Crippen LogP contribution is 2.31. The SMILES string of the molecule is O=Cc1cnc(-c2ccc(CNCc3ccc(F)c(F)c3)cc2)c(-c2ccccc2)c1. The molecule has 0 atom stereocenters. The van der Waals surface area contributed by atoms with E-state index in [-0.39, 0.29) is 0 Å². The zero-order valence-corrected chi connectivity index (χ0v) is 16.7. The smallest absolute Gasteiger partial charge is 0.159 e. The highest BCUT2D eigenvalue weighted by molar-refractivity contribution is 5.85. The number of benzene rings is 3. The normalized spacial score (nSPS) is 10.8. The largest absolute Gasteiger partial charge is 0.309 e. The van der Waals surface area contributed by atoms with Gasteiger partial charge in [0.15, 0.2) is 17.9 Å². The molecule has 0 saturated heterocycles. The van der Waals surface area contributed by atoms with Crippen molar-refractivity contribution in [3.8, 4) is 22.4 Å². The Morgan fingerprint density at radius 3 is 2.19 bits per heavy atom. The van der Waals surface area contributed by atoms with E-state index in [1.807, 2.05) is 60.7 Å². The molecule has 0 aliphatic rings. The topological polar surface area (TPSA) is 42.0 Å². The van der Waals surface area contributed by atoms with Gasteiger partial charge >= 0.3 is 0 Å². The maximum Gasteiger partial charge on any atom is 0.159 e. The Kier molecular flexibility index (Phi) is 6.24. The van der Waals surface area contributed by atoms with Gasteiger partial charge in [0.1, 0.15) is 0 Å². The summed E-state index contributed by atoms with van der Waals surface area (Å²) < 4.78 is 26.3. The van der Waals surface area contributed by atoms with Crippen molar-refractivity contribution in [1.82, 2.24) is 10.3 Å². The molecule has 4 aromatic rings. The minimum absolute atomic E-state index is 0.436. The molecule has 5 heteroatoms. The summed E-state index contributed by atoms with van der Waals surface area (Å²) in [6.45, 7) is 1.02. The number of carbonyl (C=O) groups is 1. The van der Waals surface area contributed by atoms with E-state index >= 15 is 0 Å². The van der Waals surface area contributed by atoms with Gasteiger partial charge in [0.25, 0.3) is 0 Å². The third-order valence-corrected chi connectivity index (χ3v) is 5.00. The fourth-order valence-electron chi connectivity index (χ4n) is 3.39. The van der Waals surface area contributed by atoms with Crippen LogP contribution in [-0.2, 0) is 13.1 Å². The molecule has 31 heavy (non-hydrogen) atoms. The first kappa shape index (κ1) is 20.6. The van der Waals surface area contributed by atoms with E-state index in [1.165, 1.54) is 6.07 Å². The van der Waals surface area contributed by atoms with E-state index in [1.54, 1.807) is 12.3 Å². The lowest BCUT2D eigenvalue weighted by atomic mass is 9.97. The molecule has 0 aliphatic heterocycles. The molecule has 0 spiro atoms. The second-order valence-electron chi connectivity index (χ2n) is 7.20. The number of rotatable bonds is 7. The van der Waals surface area contributed by atoms with Crippen LogP contribution in [0.15, 0.2) is 85.1 Å². The lowest BCUT2D eigenvalue weighted by molar-refractivity contribution is 0.112. The van der Waals surface area contributed by atoms with Gasteiger partial charge in [-0.25, -0.2) is 8.78 Å². The molecule has 0 unspecified atom stereocenters. The van der Waals surface area contributed by atoms with Crippen LogP contribution in [0.4, 0.5) is 8.78 Å². The van der Waals surface area contributed by atoms with Crippen LogP contribution in [0.2, 0.25) is 0 Å². The predicted molar refractivity (Wildman–Crippen MR) is 117 cm³/mol. The lowest BCUT2D eigenvalue weighted by Crippen LogP contribution is -2.12. The molecule has 0 aliphatic carbocycles. The van der Waals surface area contributed by atoms with Crippen molar-refractivity contribution in [3.63, 3.8) is 0 Å². The van der Waals surface area contributed by atoms with Crippen LogP contribution in [0.3, 0.4) is 0 Å². The Hall–Kier alpha value is -3.70. The molecule has 3 aromatic carbocycles. The van der Waals surface area contributed by atoms with Gasteiger partial charge in [0.2, 0.25) is 0 Å². The van der Waals surface area contributed by atoms with Gasteiger partial charge in [-0.2, -0.15) is 0 Å². The fraction of sp³-hybridized carbons (Fsp3) is 0.0769. The summed E-state index contributed by atoms with van der Waals surface area (Å²) in [6, 6.07) is 23.6. The number of aldehydes is 1. The van der Waals surface area contributed by atoms with Gasteiger partial charge in [0.05, 0.1) is 5.69 Å². The average Bonchev–Trinajstić information content (AvgIpc) is 2.82.